The number of alkyl halides is 3. The van der Waals surface area contributed by atoms with Crippen LogP contribution in [0.2, 0.25) is 0 Å². The summed E-state index contributed by atoms with van der Waals surface area (Å²) < 4.78 is 42.4. The summed E-state index contributed by atoms with van der Waals surface area (Å²) in [6.07, 6.45) is 0.335. The van der Waals surface area contributed by atoms with Crippen molar-refractivity contribution in [1.29, 1.82) is 5.26 Å². The molecule has 1 fully saturated rings. The van der Waals surface area contributed by atoms with Crippen LogP contribution in [0.3, 0.4) is 0 Å². The number of halogens is 3. The highest BCUT2D eigenvalue weighted by atomic mass is 19.4. The molecule has 1 unspecified atom stereocenters. The number of aromatic nitrogens is 3. The molecule has 1 aliphatic carbocycles. The molecule has 0 spiro atoms. The van der Waals surface area contributed by atoms with Gasteiger partial charge in [-0.25, -0.2) is 0 Å². The molecule has 1 aromatic carbocycles. The zero-order valence-electron chi connectivity index (χ0n) is 19.0. The van der Waals surface area contributed by atoms with Gasteiger partial charge in [-0.1, -0.05) is 32.4 Å². The van der Waals surface area contributed by atoms with Gasteiger partial charge in [0.15, 0.2) is 5.82 Å². The van der Waals surface area contributed by atoms with Crippen molar-refractivity contribution in [1.82, 2.24) is 20.1 Å². The van der Waals surface area contributed by atoms with Crippen LogP contribution in [-0.2, 0) is 0 Å². The standard InChI is InChI=1S/C24H27F3N6O/c1-14(2)30-21(24(25,26)27)16-6-8-17(9-7-16)31-22-20-19(11-13-29-23(20)34)33(32-22)18-5-3-4-15(18)10-12-28/h6-9,11,13-15,18,21,30H,3-5,10H2,1-2H3,(H,29,34)(H,31,32)/t15-,18+,21?/m1/s1. The van der Waals surface area contributed by atoms with E-state index in [1.807, 2.05) is 4.68 Å². The molecule has 10 heteroatoms. The summed E-state index contributed by atoms with van der Waals surface area (Å²) in [6.45, 7) is 3.33. The fraction of sp³-hybridized carbons (Fsp3) is 0.458. The first-order valence-corrected chi connectivity index (χ1v) is 11.4. The van der Waals surface area contributed by atoms with Crippen molar-refractivity contribution in [2.24, 2.45) is 5.92 Å². The molecule has 3 atom stereocenters. The molecule has 0 radical (unpaired) electrons. The van der Waals surface area contributed by atoms with E-state index in [1.54, 1.807) is 38.2 Å². The number of hydrogen-bond acceptors (Lipinski definition) is 5. The predicted octanol–water partition coefficient (Wildman–Crippen LogP) is 5.32. The third kappa shape index (κ3) is 4.80. The molecular formula is C24H27F3N6O. The van der Waals surface area contributed by atoms with Crippen LogP contribution in [-0.4, -0.2) is 27.0 Å². The lowest BCUT2D eigenvalue weighted by atomic mass is 10.0. The highest BCUT2D eigenvalue weighted by Crippen LogP contribution is 2.40. The van der Waals surface area contributed by atoms with Gasteiger partial charge in [-0.15, -0.1) is 0 Å². The minimum Gasteiger partial charge on any atom is -0.338 e. The minimum absolute atomic E-state index is 0.0107. The Morgan fingerprint density at radius 3 is 2.62 bits per heavy atom. The van der Waals surface area contributed by atoms with Gasteiger partial charge in [0, 0.05) is 24.3 Å². The lowest BCUT2D eigenvalue weighted by Crippen LogP contribution is -2.38. The van der Waals surface area contributed by atoms with E-state index >= 15 is 0 Å². The average Bonchev–Trinajstić information content (AvgIpc) is 3.37. The normalized spacial score (nSPS) is 19.4. The zero-order chi connectivity index (χ0) is 24.5. The average molecular weight is 473 g/mol. The van der Waals surface area contributed by atoms with Crippen LogP contribution in [0.1, 0.15) is 57.2 Å². The van der Waals surface area contributed by atoms with Crippen molar-refractivity contribution in [3.05, 3.63) is 52.4 Å². The highest BCUT2D eigenvalue weighted by Gasteiger charge is 2.41. The first kappa shape index (κ1) is 23.8. The molecular weight excluding hydrogens is 445 g/mol. The Hall–Kier alpha value is -3.32. The second-order valence-electron chi connectivity index (χ2n) is 9.02. The molecule has 0 aliphatic heterocycles. The molecule has 0 saturated heterocycles. The molecule has 7 nitrogen and oxygen atoms in total. The van der Waals surface area contributed by atoms with E-state index in [1.165, 1.54) is 12.1 Å². The number of nitriles is 1. The highest BCUT2D eigenvalue weighted by molar-refractivity contribution is 5.91. The third-order valence-corrected chi connectivity index (χ3v) is 6.25. The summed E-state index contributed by atoms with van der Waals surface area (Å²) in [6, 6.07) is 7.85. The SMILES string of the molecule is CC(C)NC(c1ccc(Nc2nn([C@H]3CCC[C@@H]3CC#N)c3cc[nH]c(=O)c23)cc1)C(F)(F)F. The molecule has 2 aromatic heterocycles. The molecule has 2 heterocycles. The summed E-state index contributed by atoms with van der Waals surface area (Å²) in [5.41, 5.74) is 0.973. The molecule has 0 bridgehead atoms. The summed E-state index contributed by atoms with van der Waals surface area (Å²) in [7, 11) is 0. The van der Waals surface area contributed by atoms with Gasteiger partial charge in [0.05, 0.1) is 17.6 Å². The van der Waals surface area contributed by atoms with Crippen LogP contribution in [0, 0.1) is 17.2 Å². The molecule has 1 saturated carbocycles. The first-order chi connectivity index (χ1) is 16.2. The Bertz CT molecular complexity index is 1240. The first-order valence-electron chi connectivity index (χ1n) is 11.4. The number of nitrogens with zero attached hydrogens (tertiary/aromatic N) is 3. The summed E-state index contributed by atoms with van der Waals surface area (Å²) in [4.78, 5) is 15.3. The van der Waals surface area contributed by atoms with E-state index in [-0.39, 0.29) is 29.1 Å². The van der Waals surface area contributed by atoms with Crippen molar-refractivity contribution in [2.45, 2.75) is 63.8 Å². The second-order valence-corrected chi connectivity index (χ2v) is 9.02. The summed E-state index contributed by atoms with van der Waals surface area (Å²) in [5, 5.41) is 19.9. The topological polar surface area (TPSA) is 98.5 Å². The summed E-state index contributed by atoms with van der Waals surface area (Å²) >= 11 is 0. The maximum absolute atomic E-state index is 13.5. The molecule has 4 rings (SSSR count). The predicted molar refractivity (Wildman–Crippen MR) is 124 cm³/mol. The van der Waals surface area contributed by atoms with E-state index in [0.717, 1.165) is 19.3 Å². The molecule has 0 amide bonds. The van der Waals surface area contributed by atoms with E-state index < -0.39 is 12.2 Å². The number of benzene rings is 1. The van der Waals surface area contributed by atoms with E-state index in [9.17, 15) is 23.2 Å². The zero-order valence-corrected chi connectivity index (χ0v) is 19.0. The van der Waals surface area contributed by atoms with Crippen LogP contribution in [0.25, 0.3) is 10.9 Å². The van der Waals surface area contributed by atoms with Crippen LogP contribution in [0.15, 0.2) is 41.3 Å². The molecule has 1 aliphatic rings. The van der Waals surface area contributed by atoms with Crippen molar-refractivity contribution in [3.8, 4) is 6.07 Å². The Morgan fingerprint density at radius 1 is 1.24 bits per heavy atom. The van der Waals surface area contributed by atoms with E-state index in [0.29, 0.717) is 28.8 Å². The number of H-pyrrole nitrogens is 1. The smallest absolute Gasteiger partial charge is 0.338 e. The van der Waals surface area contributed by atoms with Gasteiger partial charge in [0.25, 0.3) is 5.56 Å². The molecule has 180 valence electrons. The number of rotatable bonds is 7. The Kier molecular flexibility index (Phi) is 6.66. The molecule has 3 aromatic rings. The largest absolute Gasteiger partial charge is 0.407 e. The maximum atomic E-state index is 13.5. The number of fused-ring (bicyclic) bond motifs is 1. The quantitative estimate of drug-likeness (QED) is 0.432. The number of nitrogens with one attached hydrogen (secondary N) is 3. The van der Waals surface area contributed by atoms with Crippen molar-refractivity contribution in [3.63, 3.8) is 0 Å². The lowest BCUT2D eigenvalue weighted by Gasteiger charge is -2.24. The lowest BCUT2D eigenvalue weighted by molar-refractivity contribution is -0.159. The van der Waals surface area contributed by atoms with E-state index in [2.05, 4.69) is 26.8 Å². The van der Waals surface area contributed by atoms with Gasteiger partial charge in [-0.3, -0.25) is 9.48 Å². The third-order valence-electron chi connectivity index (χ3n) is 6.25. The van der Waals surface area contributed by atoms with Gasteiger partial charge in [-0.05, 0) is 42.5 Å². The Balaban J connectivity index is 1.66. The maximum Gasteiger partial charge on any atom is 0.407 e. The Morgan fingerprint density at radius 2 is 1.97 bits per heavy atom. The number of hydrogen-bond donors (Lipinski definition) is 3. The Labute approximate surface area is 195 Å². The number of anilines is 2. The summed E-state index contributed by atoms with van der Waals surface area (Å²) in [5.74, 6) is 0.493. The van der Waals surface area contributed by atoms with Gasteiger partial charge in [0.1, 0.15) is 11.4 Å². The van der Waals surface area contributed by atoms with Crippen molar-refractivity contribution in [2.75, 3.05) is 5.32 Å². The van der Waals surface area contributed by atoms with Crippen LogP contribution >= 0.6 is 0 Å². The van der Waals surface area contributed by atoms with Crippen LogP contribution in [0.5, 0.6) is 0 Å². The fourth-order valence-corrected chi connectivity index (χ4v) is 4.74. The molecule has 3 N–H and O–H groups in total. The number of pyridine rings is 1. The van der Waals surface area contributed by atoms with Gasteiger partial charge in [-0.2, -0.15) is 23.5 Å². The fourth-order valence-electron chi connectivity index (χ4n) is 4.74. The number of aromatic amines is 1. The van der Waals surface area contributed by atoms with E-state index in [4.69, 9.17) is 0 Å². The van der Waals surface area contributed by atoms with Crippen LogP contribution < -0.4 is 16.2 Å². The van der Waals surface area contributed by atoms with Gasteiger partial charge >= 0.3 is 6.18 Å². The van der Waals surface area contributed by atoms with Gasteiger partial charge < -0.3 is 15.6 Å². The monoisotopic (exact) mass is 472 g/mol. The second kappa shape index (κ2) is 9.50. The van der Waals surface area contributed by atoms with Gasteiger partial charge in [0.2, 0.25) is 0 Å². The van der Waals surface area contributed by atoms with Crippen LogP contribution in [0.4, 0.5) is 24.7 Å². The minimum atomic E-state index is -4.43. The van der Waals surface area contributed by atoms with Crippen molar-refractivity contribution >= 4 is 22.4 Å². The molecule has 34 heavy (non-hydrogen) atoms. The van der Waals surface area contributed by atoms with Crippen molar-refractivity contribution < 1.29 is 13.2 Å².